The Morgan fingerprint density at radius 3 is 2.13 bits per heavy atom. The van der Waals surface area contributed by atoms with E-state index in [0.29, 0.717) is 10.8 Å². The number of anilines is 1. The molecule has 39 heavy (non-hydrogen) atoms. The van der Waals surface area contributed by atoms with Crippen LogP contribution in [-0.4, -0.2) is 50.9 Å². The van der Waals surface area contributed by atoms with E-state index in [1.54, 1.807) is 19.1 Å². The summed E-state index contributed by atoms with van der Waals surface area (Å²) in [4.78, 5) is 28.3. The van der Waals surface area contributed by atoms with Crippen molar-refractivity contribution in [3.8, 4) is 5.75 Å². The van der Waals surface area contributed by atoms with Gasteiger partial charge in [0.05, 0.1) is 17.7 Å². The molecule has 0 spiro atoms. The molecule has 0 heterocycles. The molecule has 208 valence electrons. The Morgan fingerprint density at radius 1 is 0.949 bits per heavy atom. The molecule has 3 rings (SSSR count). The van der Waals surface area contributed by atoms with Crippen molar-refractivity contribution in [1.29, 1.82) is 0 Å². The molecule has 2 amide bonds. The van der Waals surface area contributed by atoms with Crippen LogP contribution in [0.15, 0.2) is 83.8 Å². The highest BCUT2D eigenvalue weighted by Crippen LogP contribution is 2.27. The van der Waals surface area contributed by atoms with E-state index in [-0.39, 0.29) is 29.1 Å². The van der Waals surface area contributed by atoms with E-state index < -0.39 is 28.5 Å². The maximum absolute atomic E-state index is 13.9. The summed E-state index contributed by atoms with van der Waals surface area (Å²) in [5.41, 5.74) is 1.07. The molecule has 0 fully saturated rings. The van der Waals surface area contributed by atoms with Gasteiger partial charge in [-0.3, -0.25) is 13.9 Å². The van der Waals surface area contributed by atoms with Crippen LogP contribution in [0, 0.1) is 0 Å². The Labute approximate surface area is 235 Å². The first-order valence-electron chi connectivity index (χ1n) is 12.6. The molecule has 0 aliphatic heterocycles. The van der Waals surface area contributed by atoms with Crippen molar-refractivity contribution in [2.45, 2.75) is 50.7 Å². The summed E-state index contributed by atoms with van der Waals surface area (Å²) in [6.07, 6.45) is 0.732. The van der Waals surface area contributed by atoms with Crippen molar-refractivity contribution in [3.05, 3.63) is 89.4 Å². The van der Waals surface area contributed by atoms with Crippen molar-refractivity contribution >= 4 is 39.1 Å². The predicted molar refractivity (Wildman–Crippen MR) is 153 cm³/mol. The average Bonchev–Trinajstić information content (AvgIpc) is 2.95. The second-order valence-corrected chi connectivity index (χ2v) is 11.5. The maximum atomic E-state index is 13.9. The van der Waals surface area contributed by atoms with Crippen molar-refractivity contribution in [1.82, 2.24) is 10.2 Å². The monoisotopic (exact) mass is 571 g/mol. The van der Waals surface area contributed by atoms with E-state index in [2.05, 4.69) is 5.32 Å². The smallest absolute Gasteiger partial charge is 0.264 e. The molecule has 0 unspecified atom stereocenters. The average molecular weight is 572 g/mol. The van der Waals surface area contributed by atoms with Gasteiger partial charge in [-0.1, -0.05) is 48.9 Å². The number of rotatable bonds is 12. The Bertz CT molecular complexity index is 1350. The van der Waals surface area contributed by atoms with Gasteiger partial charge in [-0.25, -0.2) is 8.42 Å². The van der Waals surface area contributed by atoms with Crippen molar-refractivity contribution in [3.63, 3.8) is 0 Å². The van der Waals surface area contributed by atoms with Crippen molar-refractivity contribution in [2.24, 2.45) is 0 Å². The molecule has 8 nitrogen and oxygen atoms in total. The lowest BCUT2D eigenvalue weighted by atomic mass is 10.1. The largest absolute Gasteiger partial charge is 0.497 e. The molecule has 0 bridgehead atoms. The zero-order valence-electron chi connectivity index (χ0n) is 22.5. The molecule has 1 N–H and O–H groups in total. The van der Waals surface area contributed by atoms with Crippen molar-refractivity contribution < 1.29 is 22.7 Å². The summed E-state index contributed by atoms with van der Waals surface area (Å²) >= 11 is 6.06. The highest BCUT2D eigenvalue weighted by Gasteiger charge is 2.32. The standard InChI is InChI=1S/C29H34ClN3O5S/c1-5-21(2)31-29(35)22(3)32(19-23-9-7-6-8-10-23)28(34)20-33(25-13-11-24(30)12-14-25)39(36,37)27-17-15-26(38-4)16-18-27/h6-18,21-22H,5,19-20H2,1-4H3,(H,31,35)/t21-,22-/m0/s1. The predicted octanol–water partition coefficient (Wildman–Crippen LogP) is 4.88. The van der Waals surface area contributed by atoms with Crippen LogP contribution >= 0.6 is 11.6 Å². The van der Waals surface area contributed by atoms with Gasteiger partial charge in [0.2, 0.25) is 11.8 Å². The molecule has 10 heteroatoms. The van der Waals surface area contributed by atoms with E-state index in [4.69, 9.17) is 16.3 Å². The minimum atomic E-state index is -4.18. The number of benzene rings is 3. The first-order chi connectivity index (χ1) is 18.6. The van der Waals surface area contributed by atoms with Gasteiger partial charge < -0.3 is 15.0 Å². The minimum absolute atomic E-state index is 0.0109. The molecular formula is C29H34ClN3O5S. The number of carbonyl (C=O) groups is 2. The summed E-state index contributed by atoms with van der Waals surface area (Å²) < 4.78 is 33.8. The van der Waals surface area contributed by atoms with Crippen LogP contribution in [-0.2, 0) is 26.2 Å². The molecule has 2 atom stereocenters. The summed E-state index contributed by atoms with van der Waals surface area (Å²) in [6.45, 7) is 5.09. The molecule has 0 aromatic heterocycles. The molecule has 3 aromatic rings. The third-order valence-corrected chi connectivity index (χ3v) is 8.45. The number of hydrogen-bond donors (Lipinski definition) is 1. The Morgan fingerprint density at radius 2 is 1.56 bits per heavy atom. The normalized spacial score (nSPS) is 12.7. The Kier molecular flexibility index (Phi) is 10.4. The summed E-state index contributed by atoms with van der Waals surface area (Å²) in [7, 11) is -2.69. The summed E-state index contributed by atoms with van der Waals surface area (Å²) in [5, 5.41) is 3.34. The molecule has 0 aliphatic rings. The van der Waals surface area contributed by atoms with E-state index in [1.807, 2.05) is 44.2 Å². The fourth-order valence-corrected chi connectivity index (χ4v) is 5.38. The topological polar surface area (TPSA) is 96.0 Å². The van der Waals surface area contributed by atoms with Crippen LogP contribution in [0.4, 0.5) is 5.69 Å². The number of nitrogens with one attached hydrogen (secondary N) is 1. The summed E-state index contributed by atoms with van der Waals surface area (Å²) in [5.74, 6) is -0.347. The van der Waals surface area contributed by atoms with Crippen LogP contribution in [0.5, 0.6) is 5.75 Å². The first kappa shape index (κ1) is 30.0. The minimum Gasteiger partial charge on any atom is -0.497 e. The molecule has 3 aromatic carbocycles. The number of nitrogens with zero attached hydrogens (tertiary/aromatic N) is 2. The number of carbonyl (C=O) groups excluding carboxylic acids is 2. The number of halogens is 1. The zero-order valence-corrected chi connectivity index (χ0v) is 24.1. The van der Waals surface area contributed by atoms with Gasteiger partial charge in [-0.15, -0.1) is 0 Å². The van der Waals surface area contributed by atoms with E-state index in [1.165, 1.54) is 48.4 Å². The highest BCUT2D eigenvalue weighted by molar-refractivity contribution is 7.92. The second kappa shape index (κ2) is 13.5. The quantitative estimate of drug-likeness (QED) is 0.334. The molecular weight excluding hydrogens is 538 g/mol. The lowest BCUT2D eigenvalue weighted by Crippen LogP contribution is -2.52. The third-order valence-electron chi connectivity index (χ3n) is 6.40. The van der Waals surface area contributed by atoms with Crippen LogP contribution in [0.25, 0.3) is 0 Å². The van der Waals surface area contributed by atoms with Gasteiger partial charge >= 0.3 is 0 Å². The first-order valence-corrected chi connectivity index (χ1v) is 14.4. The number of amides is 2. The Balaban J connectivity index is 2.00. The molecule has 0 aliphatic carbocycles. The fraction of sp³-hybridized carbons (Fsp3) is 0.310. The van der Waals surface area contributed by atoms with Gasteiger partial charge in [0.1, 0.15) is 18.3 Å². The molecule has 0 saturated heterocycles. The maximum Gasteiger partial charge on any atom is 0.264 e. The van der Waals surface area contributed by atoms with Crippen LogP contribution in [0.1, 0.15) is 32.8 Å². The van der Waals surface area contributed by atoms with E-state index >= 15 is 0 Å². The van der Waals surface area contributed by atoms with Crippen molar-refractivity contribution in [2.75, 3.05) is 18.0 Å². The number of methoxy groups -OCH3 is 1. The van der Waals surface area contributed by atoms with Gasteiger partial charge in [0.25, 0.3) is 10.0 Å². The Hall–Kier alpha value is -3.56. The third kappa shape index (κ3) is 7.74. The molecule has 0 radical (unpaired) electrons. The lowest BCUT2D eigenvalue weighted by molar-refractivity contribution is -0.139. The molecule has 0 saturated carbocycles. The van der Waals surface area contributed by atoms with Crippen LogP contribution in [0.3, 0.4) is 0 Å². The van der Waals surface area contributed by atoms with Crippen LogP contribution in [0.2, 0.25) is 5.02 Å². The summed E-state index contributed by atoms with van der Waals surface area (Å²) in [6, 6.07) is 20.4. The lowest BCUT2D eigenvalue weighted by Gasteiger charge is -2.32. The van der Waals surface area contributed by atoms with E-state index in [9.17, 15) is 18.0 Å². The second-order valence-electron chi connectivity index (χ2n) is 9.16. The SMILES string of the molecule is CC[C@H](C)NC(=O)[C@H](C)N(Cc1ccccc1)C(=O)CN(c1ccc(Cl)cc1)S(=O)(=O)c1ccc(OC)cc1. The van der Waals surface area contributed by atoms with Gasteiger partial charge in [0.15, 0.2) is 0 Å². The number of hydrogen-bond acceptors (Lipinski definition) is 5. The van der Waals surface area contributed by atoms with Crippen LogP contribution < -0.4 is 14.4 Å². The number of sulfonamides is 1. The van der Waals surface area contributed by atoms with Gasteiger partial charge in [0, 0.05) is 17.6 Å². The zero-order chi connectivity index (χ0) is 28.6. The van der Waals surface area contributed by atoms with E-state index in [0.717, 1.165) is 16.3 Å². The fourth-order valence-electron chi connectivity index (χ4n) is 3.84. The van der Waals surface area contributed by atoms with Gasteiger partial charge in [-0.05, 0) is 74.4 Å². The van der Waals surface area contributed by atoms with Gasteiger partial charge in [-0.2, -0.15) is 0 Å². The number of ether oxygens (including phenoxy) is 1. The highest BCUT2D eigenvalue weighted by atomic mass is 35.5.